The van der Waals surface area contributed by atoms with Crippen molar-refractivity contribution in [2.75, 3.05) is 11.9 Å². The van der Waals surface area contributed by atoms with Crippen LogP contribution in [0.5, 0.6) is 0 Å². The fourth-order valence-corrected chi connectivity index (χ4v) is 6.03. The van der Waals surface area contributed by atoms with E-state index in [2.05, 4.69) is 43.2 Å². The fraction of sp³-hybridized carbons (Fsp3) is 0.500. The van der Waals surface area contributed by atoms with Gasteiger partial charge >= 0.3 is 0 Å². The van der Waals surface area contributed by atoms with Crippen molar-refractivity contribution < 1.29 is 0 Å². The van der Waals surface area contributed by atoms with Crippen LogP contribution in [0.1, 0.15) is 25.7 Å². The topological polar surface area (TPSA) is 66.8 Å². The van der Waals surface area contributed by atoms with Gasteiger partial charge in [-0.15, -0.1) is 0 Å². The lowest BCUT2D eigenvalue weighted by atomic mass is 9.99. The Kier molecular flexibility index (Phi) is 3.99. The van der Waals surface area contributed by atoms with Crippen LogP contribution in [0.15, 0.2) is 16.9 Å². The molecular weight excluding hydrogens is 420 g/mol. The molecule has 9 heteroatoms. The van der Waals surface area contributed by atoms with Crippen molar-refractivity contribution >= 4 is 53.4 Å². The van der Waals surface area contributed by atoms with Crippen LogP contribution in [0, 0.1) is 0 Å². The third-order valence-electron chi connectivity index (χ3n) is 5.07. The minimum absolute atomic E-state index is 0.577. The normalized spacial score (nSPS) is 25.6. The van der Waals surface area contributed by atoms with E-state index < -0.39 is 0 Å². The lowest BCUT2D eigenvalue weighted by Crippen LogP contribution is -2.47. The zero-order chi connectivity index (χ0) is 17.0. The molecule has 6 nitrogen and oxygen atoms in total. The maximum absolute atomic E-state index is 4.84. The number of thiazole rings is 2. The molecule has 3 atom stereocenters. The molecule has 2 aliphatic rings. The fourth-order valence-electron chi connectivity index (χ4n) is 3.80. The molecule has 130 valence electrons. The third kappa shape index (κ3) is 2.97. The van der Waals surface area contributed by atoms with Gasteiger partial charge in [0, 0.05) is 37.6 Å². The Hall–Kier alpha value is -1.16. The van der Waals surface area contributed by atoms with E-state index >= 15 is 0 Å². The summed E-state index contributed by atoms with van der Waals surface area (Å²) < 4.78 is 0.868. The van der Waals surface area contributed by atoms with Crippen LogP contribution < -0.4 is 10.2 Å². The zero-order valence-electron chi connectivity index (χ0n) is 13.6. The summed E-state index contributed by atoms with van der Waals surface area (Å²) in [7, 11) is 2.18. The molecule has 3 aromatic heterocycles. The second-order valence-electron chi connectivity index (χ2n) is 6.72. The van der Waals surface area contributed by atoms with Crippen molar-refractivity contribution in [2.45, 2.75) is 43.8 Å². The van der Waals surface area contributed by atoms with Crippen LogP contribution >= 0.6 is 38.6 Å². The highest BCUT2D eigenvalue weighted by Crippen LogP contribution is 2.37. The molecule has 2 aliphatic heterocycles. The lowest BCUT2D eigenvalue weighted by Gasteiger charge is -2.35. The molecule has 2 saturated heterocycles. The van der Waals surface area contributed by atoms with Gasteiger partial charge in [-0.1, -0.05) is 22.7 Å². The van der Waals surface area contributed by atoms with Crippen LogP contribution in [-0.2, 0) is 0 Å². The Morgan fingerprint density at radius 2 is 1.76 bits per heavy atom. The molecule has 0 aliphatic carbocycles. The van der Waals surface area contributed by atoms with Crippen molar-refractivity contribution in [1.29, 1.82) is 0 Å². The molecule has 25 heavy (non-hydrogen) atoms. The average molecular weight is 437 g/mol. The lowest BCUT2D eigenvalue weighted by molar-refractivity contribution is 0.354. The number of hydrogen-bond acceptors (Lipinski definition) is 8. The maximum atomic E-state index is 4.84. The number of nitrogens with zero attached hydrogens (tertiary/aromatic N) is 5. The van der Waals surface area contributed by atoms with Gasteiger partial charge in [0.2, 0.25) is 0 Å². The van der Waals surface area contributed by atoms with Gasteiger partial charge < -0.3 is 10.2 Å². The number of nitrogens with one attached hydrogen (secondary N) is 1. The third-order valence-corrected chi connectivity index (χ3v) is 7.60. The summed E-state index contributed by atoms with van der Waals surface area (Å²) >= 11 is 6.59. The zero-order valence-corrected chi connectivity index (χ0v) is 16.9. The largest absolute Gasteiger partial charge is 0.348 e. The van der Waals surface area contributed by atoms with E-state index in [-0.39, 0.29) is 0 Å². The minimum Gasteiger partial charge on any atom is -0.348 e. The van der Waals surface area contributed by atoms with Gasteiger partial charge in [-0.3, -0.25) is 0 Å². The summed E-state index contributed by atoms with van der Waals surface area (Å²) in [5.41, 5.74) is 0. The second-order valence-corrected chi connectivity index (χ2v) is 9.57. The number of hydrogen-bond donors (Lipinski definition) is 1. The summed E-state index contributed by atoms with van der Waals surface area (Å²) in [5, 5.41) is 5.61. The standard InChI is InChI=1S/C16H17BrN6S2/c1-23(11-4-9-2-3-10(5-11)20-9)16-22-15-14(25-16)21-13(24-15)12-18-6-8(17)7-19-12/h6-7,9-11,20H,2-5H2,1H3/t9-,10+,11-. The van der Waals surface area contributed by atoms with Crippen LogP contribution in [0.2, 0.25) is 0 Å². The van der Waals surface area contributed by atoms with E-state index in [9.17, 15) is 0 Å². The number of anilines is 1. The second kappa shape index (κ2) is 6.22. The number of halogens is 1. The number of piperidine rings is 1. The molecule has 0 radical (unpaired) electrons. The number of rotatable bonds is 3. The van der Waals surface area contributed by atoms with Crippen LogP contribution in [0.25, 0.3) is 20.5 Å². The molecule has 2 bridgehead atoms. The van der Waals surface area contributed by atoms with E-state index in [0.29, 0.717) is 23.9 Å². The summed E-state index contributed by atoms with van der Waals surface area (Å²) in [6, 6.07) is 1.95. The smallest absolute Gasteiger partial charge is 0.188 e. The monoisotopic (exact) mass is 436 g/mol. The molecule has 0 amide bonds. The van der Waals surface area contributed by atoms with Crippen molar-refractivity contribution in [3.63, 3.8) is 0 Å². The molecule has 0 aromatic carbocycles. The first-order valence-electron chi connectivity index (χ1n) is 8.40. The summed E-state index contributed by atoms with van der Waals surface area (Å²) in [5.74, 6) is 0.656. The van der Waals surface area contributed by atoms with Crippen LogP contribution in [-0.4, -0.2) is 45.1 Å². The van der Waals surface area contributed by atoms with E-state index in [1.807, 2.05) is 0 Å². The minimum atomic E-state index is 0.577. The molecule has 5 heterocycles. The van der Waals surface area contributed by atoms with Gasteiger partial charge in [0.25, 0.3) is 0 Å². The molecule has 3 aromatic rings. The highest BCUT2D eigenvalue weighted by Gasteiger charge is 2.36. The molecule has 1 N–H and O–H groups in total. The molecule has 2 fully saturated rings. The Bertz CT molecular complexity index is 864. The highest BCUT2D eigenvalue weighted by atomic mass is 79.9. The molecule has 0 spiro atoms. The Labute approximate surface area is 161 Å². The predicted octanol–water partition coefficient (Wildman–Crippen LogP) is 3.69. The van der Waals surface area contributed by atoms with Gasteiger partial charge in [-0.25, -0.2) is 19.9 Å². The Balaban J connectivity index is 1.39. The van der Waals surface area contributed by atoms with Gasteiger partial charge in [0.05, 0.1) is 4.47 Å². The van der Waals surface area contributed by atoms with Crippen LogP contribution in [0.4, 0.5) is 5.13 Å². The highest BCUT2D eigenvalue weighted by molar-refractivity contribution is 9.10. The molecule has 5 rings (SSSR count). The van der Waals surface area contributed by atoms with Crippen LogP contribution in [0.3, 0.4) is 0 Å². The first kappa shape index (κ1) is 16.0. The van der Waals surface area contributed by atoms with Crippen molar-refractivity contribution in [3.05, 3.63) is 16.9 Å². The van der Waals surface area contributed by atoms with E-state index in [0.717, 1.165) is 24.3 Å². The predicted molar refractivity (Wildman–Crippen MR) is 105 cm³/mol. The van der Waals surface area contributed by atoms with Crippen molar-refractivity contribution in [2.24, 2.45) is 0 Å². The quantitative estimate of drug-likeness (QED) is 0.674. The maximum Gasteiger partial charge on any atom is 0.188 e. The first-order valence-corrected chi connectivity index (χ1v) is 10.8. The Morgan fingerprint density at radius 3 is 2.44 bits per heavy atom. The molecule has 0 saturated carbocycles. The van der Waals surface area contributed by atoms with Crippen molar-refractivity contribution in [1.82, 2.24) is 25.3 Å². The van der Waals surface area contributed by atoms with E-state index in [1.165, 1.54) is 25.7 Å². The van der Waals surface area contributed by atoms with E-state index in [1.54, 1.807) is 35.1 Å². The number of fused-ring (bicyclic) bond motifs is 3. The van der Waals surface area contributed by atoms with E-state index in [4.69, 9.17) is 9.97 Å². The Morgan fingerprint density at radius 1 is 1.08 bits per heavy atom. The number of aromatic nitrogens is 4. The molecular formula is C16H17BrN6S2. The SMILES string of the molecule is CN(c1nc2sc(-c3ncc(Br)cn3)nc2s1)[C@@H]1C[C@H]2CC[C@@H](C1)N2. The van der Waals surface area contributed by atoms with Gasteiger partial charge in [-0.2, -0.15) is 0 Å². The van der Waals surface area contributed by atoms with Gasteiger partial charge in [0.15, 0.2) is 25.6 Å². The summed E-state index contributed by atoms with van der Waals surface area (Å²) in [6.07, 6.45) is 8.56. The van der Waals surface area contributed by atoms with Gasteiger partial charge in [-0.05, 0) is 41.6 Å². The summed E-state index contributed by atoms with van der Waals surface area (Å²) in [6.45, 7) is 0. The average Bonchev–Trinajstić information content (AvgIpc) is 3.27. The molecule has 0 unspecified atom stereocenters. The first-order chi connectivity index (χ1) is 12.2. The van der Waals surface area contributed by atoms with Gasteiger partial charge in [0.1, 0.15) is 0 Å². The van der Waals surface area contributed by atoms with Crippen molar-refractivity contribution in [3.8, 4) is 10.8 Å². The summed E-state index contributed by atoms with van der Waals surface area (Å²) in [4.78, 5) is 22.5.